The SMILES string of the molecule is O=C1CCC(c2cccc(C3CCC(=O)CC3)c2-c2cnc3c4[c-]cccc4c4ccccc4n23)CC1.[Ir]. The number of rotatable bonds is 3. The molecule has 2 aromatic heterocycles. The summed E-state index contributed by atoms with van der Waals surface area (Å²) >= 11 is 0. The minimum absolute atomic E-state index is 0. The average Bonchev–Trinajstić information content (AvgIpc) is 3.39. The van der Waals surface area contributed by atoms with Gasteiger partial charge in [-0.25, -0.2) is 0 Å². The first kappa shape index (κ1) is 25.2. The zero-order valence-corrected chi connectivity index (χ0v) is 23.6. The largest absolute Gasteiger partial charge is 0.333 e. The van der Waals surface area contributed by atoms with Crippen LogP contribution in [0.2, 0.25) is 0 Å². The van der Waals surface area contributed by atoms with Crippen LogP contribution < -0.4 is 0 Å². The van der Waals surface area contributed by atoms with Crippen molar-refractivity contribution in [3.63, 3.8) is 0 Å². The molecule has 5 aromatic rings. The van der Waals surface area contributed by atoms with Gasteiger partial charge in [-0.2, -0.15) is 0 Å². The maximum absolute atomic E-state index is 12.1. The Kier molecular flexibility index (Phi) is 6.75. The van der Waals surface area contributed by atoms with Crippen molar-refractivity contribution < 1.29 is 29.7 Å². The molecular formula is C33H29IrN2O2-. The van der Waals surface area contributed by atoms with Gasteiger partial charge in [0.15, 0.2) is 0 Å². The van der Waals surface area contributed by atoms with Crippen LogP contribution in [0.1, 0.15) is 74.3 Å². The van der Waals surface area contributed by atoms with Crippen molar-refractivity contribution in [1.29, 1.82) is 0 Å². The first-order valence-electron chi connectivity index (χ1n) is 13.5. The molecule has 2 aliphatic carbocycles. The number of carbonyl (C=O) groups is 2. The summed E-state index contributed by atoms with van der Waals surface area (Å²) in [4.78, 5) is 29.2. The number of imidazole rings is 1. The van der Waals surface area contributed by atoms with Gasteiger partial charge in [0, 0.05) is 63.1 Å². The predicted molar refractivity (Wildman–Crippen MR) is 147 cm³/mol. The quantitative estimate of drug-likeness (QED) is 0.146. The first-order valence-corrected chi connectivity index (χ1v) is 13.5. The normalized spacial score (nSPS) is 17.4. The number of hydrogen-bond donors (Lipinski definition) is 0. The number of aromatic nitrogens is 2. The van der Waals surface area contributed by atoms with Crippen LogP contribution in [0.3, 0.4) is 0 Å². The van der Waals surface area contributed by atoms with E-state index < -0.39 is 0 Å². The zero-order valence-electron chi connectivity index (χ0n) is 21.2. The molecule has 3 aromatic carbocycles. The molecule has 0 saturated heterocycles. The van der Waals surface area contributed by atoms with Gasteiger partial charge in [-0.3, -0.25) is 14.6 Å². The molecule has 0 N–H and O–H groups in total. The third-order valence-electron chi connectivity index (χ3n) is 8.63. The monoisotopic (exact) mass is 678 g/mol. The van der Waals surface area contributed by atoms with E-state index in [0.29, 0.717) is 49.1 Å². The maximum atomic E-state index is 12.1. The summed E-state index contributed by atoms with van der Waals surface area (Å²) in [6, 6.07) is 24.9. The molecule has 0 atom stereocenters. The van der Waals surface area contributed by atoms with Gasteiger partial charge in [-0.05, 0) is 60.1 Å². The Bertz CT molecular complexity index is 1640. The third-order valence-corrected chi connectivity index (χ3v) is 8.63. The summed E-state index contributed by atoms with van der Waals surface area (Å²) in [6.45, 7) is 0. The van der Waals surface area contributed by atoms with Crippen molar-refractivity contribution in [1.82, 2.24) is 9.38 Å². The van der Waals surface area contributed by atoms with Gasteiger partial charge in [0.2, 0.25) is 0 Å². The Morgan fingerprint density at radius 2 is 1.34 bits per heavy atom. The van der Waals surface area contributed by atoms with Crippen LogP contribution in [0.25, 0.3) is 38.6 Å². The molecule has 2 heterocycles. The Labute approximate surface area is 235 Å². The summed E-state index contributed by atoms with van der Waals surface area (Å²) in [6.07, 6.45) is 8.23. The minimum atomic E-state index is 0. The molecule has 2 saturated carbocycles. The fraction of sp³-hybridized carbons (Fsp3) is 0.303. The topological polar surface area (TPSA) is 51.4 Å². The molecule has 0 unspecified atom stereocenters. The summed E-state index contributed by atoms with van der Waals surface area (Å²) in [7, 11) is 0. The van der Waals surface area contributed by atoms with Crippen molar-refractivity contribution in [3.05, 3.63) is 84.1 Å². The van der Waals surface area contributed by atoms with E-state index in [9.17, 15) is 9.59 Å². The molecular weight excluding hydrogens is 649 g/mol. The van der Waals surface area contributed by atoms with Gasteiger partial charge >= 0.3 is 0 Å². The molecule has 5 heteroatoms. The number of ketones is 2. The Morgan fingerprint density at radius 3 is 2.00 bits per heavy atom. The van der Waals surface area contributed by atoms with Crippen molar-refractivity contribution in [3.8, 4) is 11.3 Å². The van der Waals surface area contributed by atoms with E-state index in [1.54, 1.807) is 0 Å². The number of benzene rings is 3. The number of para-hydroxylation sites is 1. The molecule has 7 rings (SSSR count). The molecule has 0 aliphatic heterocycles. The molecule has 0 bridgehead atoms. The van der Waals surface area contributed by atoms with Crippen LogP contribution in [-0.4, -0.2) is 21.0 Å². The van der Waals surface area contributed by atoms with Crippen LogP contribution in [0.4, 0.5) is 0 Å². The summed E-state index contributed by atoms with van der Waals surface area (Å²) in [5, 5.41) is 3.37. The second kappa shape index (κ2) is 10.2. The Balaban J connectivity index is 0.00000264. The van der Waals surface area contributed by atoms with E-state index in [2.05, 4.69) is 59.0 Å². The van der Waals surface area contributed by atoms with E-state index >= 15 is 0 Å². The third kappa shape index (κ3) is 4.13. The number of Topliss-reactive ketones (excluding diaryl/α,β-unsaturated/α-hetero) is 2. The molecule has 1 radical (unpaired) electrons. The first-order chi connectivity index (χ1) is 18.2. The molecule has 0 spiro atoms. The number of pyridine rings is 1. The summed E-state index contributed by atoms with van der Waals surface area (Å²) in [5.74, 6) is 1.45. The molecule has 38 heavy (non-hydrogen) atoms. The fourth-order valence-corrected chi connectivity index (χ4v) is 6.76. The van der Waals surface area contributed by atoms with Crippen molar-refractivity contribution >= 4 is 38.9 Å². The van der Waals surface area contributed by atoms with Crippen LogP contribution >= 0.6 is 0 Å². The van der Waals surface area contributed by atoms with E-state index in [1.165, 1.54) is 22.1 Å². The van der Waals surface area contributed by atoms with E-state index in [4.69, 9.17) is 4.98 Å². The second-order valence-electron chi connectivity index (χ2n) is 10.7. The van der Waals surface area contributed by atoms with E-state index in [-0.39, 0.29) is 20.1 Å². The molecule has 2 aliphatic rings. The number of nitrogens with zero attached hydrogens (tertiary/aromatic N) is 2. The second-order valence-corrected chi connectivity index (χ2v) is 10.7. The van der Waals surface area contributed by atoms with Crippen LogP contribution in [0.5, 0.6) is 0 Å². The molecule has 2 fully saturated rings. The van der Waals surface area contributed by atoms with Crippen LogP contribution in [-0.2, 0) is 29.7 Å². The number of hydrogen-bond acceptors (Lipinski definition) is 3. The fourth-order valence-electron chi connectivity index (χ4n) is 6.76. The van der Waals surface area contributed by atoms with Gasteiger partial charge in [0.05, 0.1) is 11.3 Å². The van der Waals surface area contributed by atoms with Crippen molar-refractivity contribution in [2.24, 2.45) is 0 Å². The number of carbonyl (C=O) groups excluding carboxylic acids is 2. The summed E-state index contributed by atoms with van der Waals surface area (Å²) < 4.78 is 2.32. The predicted octanol–water partition coefficient (Wildman–Crippen LogP) is 7.56. The number of fused-ring (bicyclic) bond motifs is 6. The maximum Gasteiger partial charge on any atom is 0.132 e. The van der Waals surface area contributed by atoms with Crippen molar-refractivity contribution in [2.75, 3.05) is 0 Å². The van der Waals surface area contributed by atoms with Gasteiger partial charge in [0.25, 0.3) is 0 Å². The van der Waals surface area contributed by atoms with Gasteiger partial charge < -0.3 is 4.40 Å². The zero-order chi connectivity index (χ0) is 24.9. The molecule has 4 nitrogen and oxygen atoms in total. The Hall–Kier alpha value is -3.14. The van der Waals surface area contributed by atoms with E-state index in [0.717, 1.165) is 53.3 Å². The molecule has 193 valence electrons. The minimum Gasteiger partial charge on any atom is -0.333 e. The van der Waals surface area contributed by atoms with Gasteiger partial charge in [-0.15, -0.1) is 29.7 Å². The van der Waals surface area contributed by atoms with Crippen LogP contribution in [0, 0.1) is 6.07 Å². The molecule has 0 amide bonds. The standard InChI is InChI=1S/C33H29N2O2.Ir/c36-23-16-12-21(13-17-23)25-9-5-10-26(22-14-18-24(37)19-15-22)32(25)31-20-34-33-29-8-2-1-6-27(29)28-7-3-4-11-30(28)35(31)33;/h1-7,9-11,20-22H,12-19H2;/q-1;. The smallest absolute Gasteiger partial charge is 0.132 e. The van der Waals surface area contributed by atoms with Crippen LogP contribution in [0.15, 0.2) is 66.9 Å². The average molecular weight is 678 g/mol. The summed E-state index contributed by atoms with van der Waals surface area (Å²) in [5.41, 5.74) is 7.06. The van der Waals surface area contributed by atoms with Crippen molar-refractivity contribution in [2.45, 2.75) is 63.2 Å². The van der Waals surface area contributed by atoms with E-state index in [1.807, 2.05) is 18.3 Å². The Morgan fingerprint density at radius 1 is 0.737 bits per heavy atom. The van der Waals surface area contributed by atoms with Gasteiger partial charge in [0.1, 0.15) is 11.6 Å². The van der Waals surface area contributed by atoms with Gasteiger partial charge in [-0.1, -0.05) is 41.8 Å².